The molecule has 0 aliphatic heterocycles. The molecule has 0 spiro atoms. The largest absolute Gasteiger partial charge is 0.480 e. The lowest BCUT2D eigenvalue weighted by Gasteiger charge is -2.25. The van der Waals surface area contributed by atoms with Crippen LogP contribution in [0.5, 0.6) is 0 Å². The van der Waals surface area contributed by atoms with Gasteiger partial charge in [-0.3, -0.25) is 9.69 Å². The normalized spacial score (nSPS) is 16.6. The van der Waals surface area contributed by atoms with E-state index < -0.39 is 5.97 Å². The van der Waals surface area contributed by atoms with Gasteiger partial charge in [0, 0.05) is 12.5 Å². The smallest absolute Gasteiger partial charge is 0.317 e. The van der Waals surface area contributed by atoms with Crippen LogP contribution in [0.3, 0.4) is 0 Å². The zero-order valence-corrected chi connectivity index (χ0v) is 10.6. The van der Waals surface area contributed by atoms with Crippen LogP contribution >= 0.6 is 0 Å². The van der Waals surface area contributed by atoms with E-state index in [0.717, 1.165) is 19.3 Å². The van der Waals surface area contributed by atoms with Gasteiger partial charge in [-0.05, 0) is 12.8 Å². The summed E-state index contributed by atoms with van der Waals surface area (Å²) in [6, 6.07) is 0.332. The lowest BCUT2D eigenvalue weighted by molar-refractivity contribution is -0.139. The third kappa shape index (κ3) is 3.29. The molecule has 1 aromatic rings. The van der Waals surface area contributed by atoms with Gasteiger partial charge < -0.3 is 9.63 Å². The fourth-order valence-corrected chi connectivity index (χ4v) is 2.43. The van der Waals surface area contributed by atoms with Crippen LogP contribution in [0.15, 0.2) is 4.52 Å². The summed E-state index contributed by atoms with van der Waals surface area (Å²) in [5, 5.41) is 12.8. The molecule has 1 fully saturated rings. The summed E-state index contributed by atoms with van der Waals surface area (Å²) >= 11 is 0. The van der Waals surface area contributed by atoms with Crippen LogP contribution < -0.4 is 0 Å². The Kier molecular flexibility index (Phi) is 4.30. The first-order valence-electron chi connectivity index (χ1n) is 6.46. The first-order valence-corrected chi connectivity index (χ1v) is 6.46. The average Bonchev–Trinajstić information content (AvgIpc) is 2.98. The molecule has 1 saturated carbocycles. The van der Waals surface area contributed by atoms with E-state index in [1.165, 1.54) is 12.8 Å². The number of carboxylic acids is 1. The number of hydrogen-bond acceptors (Lipinski definition) is 5. The summed E-state index contributed by atoms with van der Waals surface area (Å²) in [5.74, 6) is 0.379. The second-order valence-electron chi connectivity index (χ2n) is 4.69. The van der Waals surface area contributed by atoms with Crippen molar-refractivity contribution in [3.05, 3.63) is 11.7 Å². The van der Waals surface area contributed by atoms with Crippen LogP contribution in [-0.4, -0.2) is 38.7 Å². The highest BCUT2D eigenvalue weighted by atomic mass is 16.5. The van der Waals surface area contributed by atoms with Gasteiger partial charge in [-0.15, -0.1) is 0 Å². The molecule has 0 radical (unpaired) electrons. The summed E-state index contributed by atoms with van der Waals surface area (Å²) in [6.07, 6.45) is 5.19. The number of nitrogens with zero attached hydrogens (tertiary/aromatic N) is 3. The third-order valence-corrected chi connectivity index (χ3v) is 3.34. The molecule has 6 nitrogen and oxygen atoms in total. The molecule has 1 aromatic heterocycles. The van der Waals surface area contributed by atoms with E-state index in [4.69, 9.17) is 9.63 Å². The zero-order chi connectivity index (χ0) is 13.0. The van der Waals surface area contributed by atoms with Crippen LogP contribution in [0.25, 0.3) is 0 Å². The van der Waals surface area contributed by atoms with E-state index in [0.29, 0.717) is 24.3 Å². The Morgan fingerprint density at radius 2 is 2.22 bits per heavy atom. The monoisotopic (exact) mass is 253 g/mol. The van der Waals surface area contributed by atoms with Gasteiger partial charge in [-0.2, -0.15) is 4.98 Å². The van der Waals surface area contributed by atoms with Crippen molar-refractivity contribution in [2.45, 2.75) is 51.6 Å². The van der Waals surface area contributed by atoms with Gasteiger partial charge in [-0.25, -0.2) is 0 Å². The standard InChI is InChI=1S/C12H19N3O3/c1-2-10-13-11(18-14-10)7-15(8-12(16)17)9-5-3-4-6-9/h9H,2-8H2,1H3,(H,16,17). The predicted octanol–water partition coefficient (Wildman–Crippen LogP) is 1.46. The third-order valence-electron chi connectivity index (χ3n) is 3.34. The molecule has 2 rings (SSSR count). The summed E-state index contributed by atoms with van der Waals surface area (Å²) in [5.41, 5.74) is 0. The molecule has 1 aliphatic carbocycles. The van der Waals surface area contributed by atoms with Crippen molar-refractivity contribution < 1.29 is 14.4 Å². The minimum absolute atomic E-state index is 0.0362. The quantitative estimate of drug-likeness (QED) is 0.826. The number of carboxylic acid groups (broad SMARTS) is 1. The highest BCUT2D eigenvalue weighted by molar-refractivity contribution is 5.69. The topological polar surface area (TPSA) is 79.5 Å². The van der Waals surface area contributed by atoms with Crippen molar-refractivity contribution >= 4 is 5.97 Å². The fraction of sp³-hybridized carbons (Fsp3) is 0.750. The number of aryl methyl sites for hydroxylation is 1. The van der Waals surface area contributed by atoms with Gasteiger partial charge in [0.1, 0.15) is 0 Å². The van der Waals surface area contributed by atoms with Crippen LogP contribution in [0, 0.1) is 0 Å². The highest BCUT2D eigenvalue weighted by Crippen LogP contribution is 2.24. The van der Waals surface area contributed by atoms with Gasteiger partial charge in [0.25, 0.3) is 0 Å². The second-order valence-corrected chi connectivity index (χ2v) is 4.69. The number of aromatic nitrogens is 2. The average molecular weight is 253 g/mol. The van der Waals surface area contributed by atoms with E-state index >= 15 is 0 Å². The molecule has 0 amide bonds. The van der Waals surface area contributed by atoms with Crippen LogP contribution in [0.2, 0.25) is 0 Å². The lowest BCUT2D eigenvalue weighted by Crippen LogP contribution is -2.37. The molecule has 1 N–H and O–H groups in total. The van der Waals surface area contributed by atoms with E-state index in [2.05, 4.69) is 10.1 Å². The van der Waals surface area contributed by atoms with E-state index in [1.54, 1.807) is 0 Å². The highest BCUT2D eigenvalue weighted by Gasteiger charge is 2.25. The Bertz CT molecular complexity index is 399. The van der Waals surface area contributed by atoms with Crippen molar-refractivity contribution in [2.24, 2.45) is 0 Å². The molecular weight excluding hydrogens is 234 g/mol. The Morgan fingerprint density at radius 1 is 1.50 bits per heavy atom. The first-order chi connectivity index (χ1) is 8.69. The minimum Gasteiger partial charge on any atom is -0.480 e. The van der Waals surface area contributed by atoms with E-state index in [9.17, 15) is 4.79 Å². The predicted molar refractivity (Wildman–Crippen MR) is 64.0 cm³/mol. The van der Waals surface area contributed by atoms with Crippen molar-refractivity contribution in [1.29, 1.82) is 0 Å². The Morgan fingerprint density at radius 3 is 2.78 bits per heavy atom. The van der Waals surface area contributed by atoms with Crippen LogP contribution in [0.4, 0.5) is 0 Å². The van der Waals surface area contributed by atoms with Crippen LogP contribution in [-0.2, 0) is 17.8 Å². The van der Waals surface area contributed by atoms with E-state index in [1.807, 2.05) is 11.8 Å². The molecule has 6 heteroatoms. The molecule has 1 aliphatic rings. The van der Waals surface area contributed by atoms with Crippen LogP contribution in [0.1, 0.15) is 44.3 Å². The molecule has 0 atom stereocenters. The number of carbonyl (C=O) groups is 1. The maximum absolute atomic E-state index is 10.9. The molecule has 100 valence electrons. The van der Waals surface area contributed by atoms with Gasteiger partial charge in [0.05, 0.1) is 13.1 Å². The van der Waals surface area contributed by atoms with Crippen molar-refractivity contribution in [3.63, 3.8) is 0 Å². The maximum atomic E-state index is 10.9. The van der Waals surface area contributed by atoms with Gasteiger partial charge in [0.2, 0.25) is 5.89 Å². The SMILES string of the molecule is CCc1noc(CN(CC(=O)O)C2CCCC2)n1. The summed E-state index contributed by atoms with van der Waals surface area (Å²) in [4.78, 5) is 17.1. The Balaban J connectivity index is 2.01. The number of aliphatic carboxylic acids is 1. The Labute approximate surface area is 106 Å². The second kappa shape index (κ2) is 5.95. The minimum atomic E-state index is -0.808. The molecule has 1 heterocycles. The molecule has 0 unspecified atom stereocenters. The summed E-state index contributed by atoms with van der Waals surface area (Å²) in [7, 11) is 0. The van der Waals surface area contributed by atoms with Crippen molar-refractivity contribution in [1.82, 2.24) is 15.0 Å². The molecule has 0 saturated heterocycles. The Hall–Kier alpha value is -1.43. The lowest BCUT2D eigenvalue weighted by atomic mass is 10.2. The first kappa shape index (κ1) is 13.0. The molecule has 0 bridgehead atoms. The number of hydrogen-bond donors (Lipinski definition) is 1. The van der Waals surface area contributed by atoms with E-state index in [-0.39, 0.29) is 6.54 Å². The zero-order valence-electron chi connectivity index (χ0n) is 10.6. The molecule has 18 heavy (non-hydrogen) atoms. The number of rotatable bonds is 6. The van der Waals surface area contributed by atoms with Gasteiger partial charge in [0.15, 0.2) is 5.82 Å². The maximum Gasteiger partial charge on any atom is 0.317 e. The molecular formula is C12H19N3O3. The molecule has 0 aromatic carbocycles. The summed E-state index contributed by atoms with van der Waals surface area (Å²) in [6.45, 7) is 2.43. The van der Waals surface area contributed by atoms with Crippen molar-refractivity contribution in [2.75, 3.05) is 6.54 Å². The van der Waals surface area contributed by atoms with Gasteiger partial charge in [-0.1, -0.05) is 24.9 Å². The fourth-order valence-electron chi connectivity index (χ4n) is 2.43. The summed E-state index contributed by atoms with van der Waals surface area (Å²) < 4.78 is 5.13. The van der Waals surface area contributed by atoms with Crippen molar-refractivity contribution in [3.8, 4) is 0 Å². The van der Waals surface area contributed by atoms with Gasteiger partial charge >= 0.3 is 5.97 Å².